The fourth-order valence-corrected chi connectivity index (χ4v) is 5.94. The van der Waals surface area contributed by atoms with Crippen LogP contribution in [0.2, 0.25) is 0 Å². The molecule has 2 saturated heterocycles. The molecule has 1 aromatic heterocycles. The summed E-state index contributed by atoms with van der Waals surface area (Å²) < 4.78 is 23.8. The highest BCUT2D eigenvalue weighted by atomic mass is 32.2. The fraction of sp³-hybridized carbons (Fsp3) is 0.500. The zero-order valence-corrected chi connectivity index (χ0v) is 20.2. The zero-order valence-electron chi connectivity index (χ0n) is 19.4. The molecule has 1 unspecified atom stereocenters. The van der Waals surface area contributed by atoms with Crippen molar-refractivity contribution in [3.63, 3.8) is 0 Å². The Hall–Kier alpha value is -2.85. The van der Waals surface area contributed by atoms with E-state index in [1.165, 1.54) is 6.92 Å². The molecule has 0 aliphatic carbocycles. The van der Waals surface area contributed by atoms with Crippen molar-refractivity contribution in [3.8, 4) is 0 Å². The van der Waals surface area contributed by atoms with Gasteiger partial charge in [0.25, 0.3) is 0 Å². The van der Waals surface area contributed by atoms with Gasteiger partial charge in [0.05, 0.1) is 35.1 Å². The largest absolute Gasteiger partial charge is 0.455 e. The number of hydrogen-bond acceptors (Lipinski definition) is 9. The Morgan fingerprint density at radius 1 is 1.18 bits per heavy atom. The monoisotopic (exact) mass is 484 g/mol. The van der Waals surface area contributed by atoms with E-state index >= 15 is 0 Å². The predicted molar refractivity (Wildman–Crippen MR) is 127 cm³/mol. The van der Waals surface area contributed by atoms with Gasteiger partial charge in [0.2, 0.25) is 5.95 Å². The second kappa shape index (κ2) is 9.42. The van der Waals surface area contributed by atoms with Gasteiger partial charge in [-0.2, -0.15) is 4.98 Å². The van der Waals surface area contributed by atoms with Gasteiger partial charge in [-0.1, -0.05) is 12.1 Å². The van der Waals surface area contributed by atoms with Crippen molar-refractivity contribution >= 4 is 34.3 Å². The summed E-state index contributed by atoms with van der Waals surface area (Å²) in [6, 6.07) is 6.85. The van der Waals surface area contributed by atoms with Crippen LogP contribution < -0.4 is 9.80 Å². The summed E-state index contributed by atoms with van der Waals surface area (Å²) >= 11 is 0. The predicted octanol–water partition coefficient (Wildman–Crippen LogP) is 2.00. The van der Waals surface area contributed by atoms with Crippen molar-refractivity contribution in [1.29, 1.82) is 0 Å². The lowest BCUT2D eigenvalue weighted by atomic mass is 10.1. The third kappa shape index (κ3) is 4.44. The molecule has 3 aliphatic heterocycles. The second-order valence-corrected chi connectivity index (χ2v) is 10.5. The minimum atomic E-state index is -1.09. The molecule has 1 atom stereocenters. The van der Waals surface area contributed by atoms with Crippen LogP contribution in [0, 0.1) is 0 Å². The normalized spacial score (nSPS) is 20.5. The van der Waals surface area contributed by atoms with E-state index < -0.39 is 16.8 Å². The van der Waals surface area contributed by atoms with E-state index in [4.69, 9.17) is 19.4 Å². The molecular weight excluding hydrogens is 456 g/mol. The molecule has 4 heterocycles. The first-order chi connectivity index (χ1) is 16.4. The maximum absolute atomic E-state index is 12.7. The van der Waals surface area contributed by atoms with Crippen LogP contribution in [0.3, 0.4) is 0 Å². The SMILES string of the molecule is CC(=O)c1cccc(C(=O)OC2CN(c3nc4c(c(N(C)C5CCOCC5)n3)S(=O)CC4)C2)c1. The van der Waals surface area contributed by atoms with Crippen molar-refractivity contribution in [2.24, 2.45) is 0 Å². The summed E-state index contributed by atoms with van der Waals surface area (Å²) in [5, 5.41) is 0. The molecule has 9 nitrogen and oxygen atoms in total. The number of carbonyl (C=O) groups excluding carboxylic acids is 2. The van der Waals surface area contributed by atoms with E-state index in [1.807, 2.05) is 11.9 Å². The van der Waals surface area contributed by atoms with E-state index in [0.29, 0.717) is 55.6 Å². The van der Waals surface area contributed by atoms with Crippen LogP contribution in [0.15, 0.2) is 29.2 Å². The highest BCUT2D eigenvalue weighted by Crippen LogP contribution is 2.34. The molecule has 0 radical (unpaired) electrons. The lowest BCUT2D eigenvalue weighted by Crippen LogP contribution is -2.54. The topological polar surface area (TPSA) is 102 Å². The molecule has 0 spiro atoms. The summed E-state index contributed by atoms with van der Waals surface area (Å²) in [6.07, 6.45) is 2.20. The van der Waals surface area contributed by atoms with Gasteiger partial charge in [0.1, 0.15) is 11.0 Å². The Morgan fingerprint density at radius 3 is 2.65 bits per heavy atom. The van der Waals surface area contributed by atoms with Gasteiger partial charge in [0.15, 0.2) is 11.6 Å². The Balaban J connectivity index is 1.29. The number of aromatic nitrogens is 2. The number of benzene rings is 1. The van der Waals surface area contributed by atoms with E-state index in [2.05, 4.69) is 4.90 Å². The molecule has 1 aromatic carbocycles. The molecule has 3 aliphatic rings. The minimum Gasteiger partial charge on any atom is -0.455 e. The molecule has 0 bridgehead atoms. The first kappa shape index (κ1) is 22.9. The quantitative estimate of drug-likeness (QED) is 0.450. The van der Waals surface area contributed by atoms with Crippen molar-refractivity contribution in [2.45, 2.75) is 43.2 Å². The molecule has 5 rings (SSSR count). The Labute approximate surface area is 200 Å². The summed E-state index contributed by atoms with van der Waals surface area (Å²) in [5.41, 5.74) is 1.69. The third-order valence-electron chi connectivity index (χ3n) is 6.64. The van der Waals surface area contributed by atoms with Crippen LogP contribution in [0.25, 0.3) is 0 Å². The van der Waals surface area contributed by atoms with E-state index in [9.17, 15) is 13.8 Å². The second-order valence-electron chi connectivity index (χ2n) is 8.95. The lowest BCUT2D eigenvalue weighted by molar-refractivity contribution is 0.0231. The van der Waals surface area contributed by atoms with Crippen molar-refractivity contribution < 1.29 is 23.3 Å². The van der Waals surface area contributed by atoms with Gasteiger partial charge in [-0.3, -0.25) is 9.00 Å². The zero-order chi connectivity index (χ0) is 23.8. The average Bonchev–Trinajstić information content (AvgIpc) is 3.21. The van der Waals surface area contributed by atoms with Gasteiger partial charge >= 0.3 is 5.97 Å². The fourth-order valence-electron chi connectivity index (χ4n) is 4.55. The van der Waals surface area contributed by atoms with Crippen LogP contribution in [0.1, 0.15) is 46.2 Å². The number of anilines is 2. The van der Waals surface area contributed by atoms with Crippen molar-refractivity contribution in [2.75, 3.05) is 48.9 Å². The van der Waals surface area contributed by atoms with Gasteiger partial charge in [-0.05, 0) is 31.9 Å². The molecule has 34 heavy (non-hydrogen) atoms. The number of ether oxygens (including phenoxy) is 2. The molecule has 0 N–H and O–H groups in total. The number of hydrogen-bond donors (Lipinski definition) is 0. The Kier molecular flexibility index (Phi) is 6.35. The van der Waals surface area contributed by atoms with E-state index in [-0.39, 0.29) is 17.9 Å². The highest BCUT2D eigenvalue weighted by Gasteiger charge is 2.36. The first-order valence-electron chi connectivity index (χ1n) is 11.6. The van der Waals surface area contributed by atoms with Crippen LogP contribution in [0.4, 0.5) is 11.8 Å². The van der Waals surface area contributed by atoms with Gasteiger partial charge in [-0.15, -0.1) is 0 Å². The van der Waals surface area contributed by atoms with Gasteiger partial charge < -0.3 is 19.3 Å². The standard InChI is InChI=1S/C24H28N4O5S/c1-15(29)16-4-3-5-17(12-16)23(30)33-19-13-28(14-19)24-25-20-8-11-34(31)21(20)22(26-24)27(2)18-6-9-32-10-7-18/h3-5,12,18-19H,6-11,13-14H2,1-2H3. The Morgan fingerprint density at radius 2 is 1.91 bits per heavy atom. The van der Waals surface area contributed by atoms with Crippen molar-refractivity contribution in [1.82, 2.24) is 9.97 Å². The first-order valence-corrected chi connectivity index (χ1v) is 12.9. The van der Waals surface area contributed by atoms with Crippen LogP contribution in [-0.2, 0) is 26.7 Å². The molecule has 2 fully saturated rings. The lowest BCUT2D eigenvalue weighted by Gasteiger charge is -2.39. The number of carbonyl (C=O) groups is 2. The molecule has 10 heteroatoms. The molecule has 0 saturated carbocycles. The summed E-state index contributed by atoms with van der Waals surface area (Å²) in [4.78, 5) is 38.5. The van der Waals surface area contributed by atoms with Gasteiger partial charge in [-0.25, -0.2) is 9.78 Å². The van der Waals surface area contributed by atoms with Crippen LogP contribution in [0.5, 0.6) is 0 Å². The number of Topliss-reactive ketones (excluding diaryl/α,β-unsaturated/α-hetero) is 1. The van der Waals surface area contributed by atoms with E-state index in [1.54, 1.807) is 24.3 Å². The number of rotatable bonds is 6. The molecule has 2 aromatic rings. The number of nitrogens with zero attached hydrogens (tertiary/aromatic N) is 4. The van der Waals surface area contributed by atoms with Crippen LogP contribution >= 0.6 is 0 Å². The van der Waals surface area contributed by atoms with E-state index in [0.717, 1.165) is 29.2 Å². The summed E-state index contributed by atoms with van der Waals surface area (Å²) in [7, 11) is 0.917. The minimum absolute atomic E-state index is 0.0966. The van der Waals surface area contributed by atoms with Gasteiger partial charge in [0, 0.05) is 44.0 Å². The number of esters is 1. The summed E-state index contributed by atoms with van der Waals surface area (Å²) in [5.74, 6) is 1.35. The highest BCUT2D eigenvalue weighted by molar-refractivity contribution is 7.85. The maximum Gasteiger partial charge on any atom is 0.338 e. The number of ketones is 1. The molecular formula is C24H28N4O5S. The number of fused-ring (bicyclic) bond motifs is 1. The third-order valence-corrected chi connectivity index (χ3v) is 8.09. The smallest absolute Gasteiger partial charge is 0.338 e. The number of aryl methyl sites for hydroxylation is 1. The maximum atomic E-state index is 12.7. The van der Waals surface area contributed by atoms with Crippen molar-refractivity contribution in [3.05, 3.63) is 41.1 Å². The summed E-state index contributed by atoms with van der Waals surface area (Å²) in [6.45, 7) is 3.87. The Bertz CT molecular complexity index is 1140. The van der Waals surface area contributed by atoms with Crippen LogP contribution in [-0.4, -0.2) is 77.2 Å². The average molecular weight is 485 g/mol. The molecule has 180 valence electrons. The molecule has 0 amide bonds.